The summed E-state index contributed by atoms with van der Waals surface area (Å²) in [5, 5.41) is 13.4. The largest absolute Gasteiger partial charge is 0.507 e. The van der Waals surface area contributed by atoms with Crippen molar-refractivity contribution in [1.29, 1.82) is 0 Å². The van der Waals surface area contributed by atoms with Crippen molar-refractivity contribution in [2.24, 2.45) is 5.10 Å². The van der Waals surface area contributed by atoms with Gasteiger partial charge in [0.15, 0.2) is 6.61 Å². The quantitative estimate of drug-likeness (QED) is 0.427. The molecule has 0 saturated carbocycles. The molecule has 0 radical (unpaired) electrons. The Kier molecular flexibility index (Phi) is 6.19. The highest BCUT2D eigenvalue weighted by Gasteiger charge is 2.08. The molecule has 0 atom stereocenters. The number of carbonyl (C=O) groups excluding carboxylic acids is 1. The third kappa shape index (κ3) is 4.70. The number of hydrazone groups is 1. The van der Waals surface area contributed by atoms with Crippen LogP contribution in [0.1, 0.15) is 22.3 Å². The predicted molar refractivity (Wildman–Crippen MR) is 103 cm³/mol. The number of ether oxygens (including phenoxy) is 1. The van der Waals surface area contributed by atoms with Crippen molar-refractivity contribution in [3.63, 3.8) is 0 Å². The van der Waals surface area contributed by atoms with Crippen molar-refractivity contribution < 1.29 is 14.6 Å². The summed E-state index contributed by atoms with van der Waals surface area (Å²) in [6.45, 7) is 5.82. The number of rotatable bonds is 5. The molecule has 0 aliphatic heterocycles. The summed E-state index contributed by atoms with van der Waals surface area (Å²) in [5.74, 6) is 0.622. The van der Waals surface area contributed by atoms with Crippen LogP contribution in [0.5, 0.6) is 11.5 Å². The summed E-state index contributed by atoms with van der Waals surface area (Å²) in [4.78, 5) is 11.8. The molecule has 0 unspecified atom stereocenters. The number of nitrogens with zero attached hydrogens (tertiary/aromatic N) is 1. The fourth-order valence-electron chi connectivity index (χ4n) is 2.10. The van der Waals surface area contributed by atoms with Gasteiger partial charge in [0.2, 0.25) is 0 Å². The van der Waals surface area contributed by atoms with Gasteiger partial charge in [-0.1, -0.05) is 12.1 Å². The van der Waals surface area contributed by atoms with Gasteiger partial charge in [-0.3, -0.25) is 4.79 Å². The first-order chi connectivity index (χ1) is 11.4. The Balaban J connectivity index is 1.91. The number of amides is 1. The van der Waals surface area contributed by atoms with E-state index in [1.54, 1.807) is 18.2 Å². The van der Waals surface area contributed by atoms with Crippen molar-refractivity contribution in [3.05, 3.63) is 56.2 Å². The minimum Gasteiger partial charge on any atom is -0.507 e. The van der Waals surface area contributed by atoms with Crippen molar-refractivity contribution in [3.8, 4) is 11.5 Å². The lowest BCUT2D eigenvalue weighted by Gasteiger charge is -2.13. The second kappa shape index (κ2) is 8.14. The Bertz CT molecular complexity index is 788. The fourth-order valence-corrected chi connectivity index (χ4v) is 2.64. The maximum atomic E-state index is 11.8. The Hall–Kier alpha value is -2.09. The Morgan fingerprint density at radius 1 is 1.25 bits per heavy atom. The van der Waals surface area contributed by atoms with Gasteiger partial charge in [-0.15, -0.1) is 0 Å². The minimum atomic E-state index is -0.333. The number of halogens is 1. The van der Waals surface area contributed by atoms with Crippen LogP contribution in [0.2, 0.25) is 0 Å². The van der Waals surface area contributed by atoms with E-state index in [2.05, 4.69) is 10.5 Å². The molecule has 0 bridgehead atoms. The van der Waals surface area contributed by atoms with Crippen LogP contribution in [0.4, 0.5) is 0 Å². The molecule has 0 heterocycles. The summed E-state index contributed by atoms with van der Waals surface area (Å²) in [5.41, 5.74) is 6.36. The van der Waals surface area contributed by atoms with Gasteiger partial charge in [-0.25, -0.2) is 5.43 Å². The highest BCUT2D eigenvalue weighted by Crippen LogP contribution is 2.25. The van der Waals surface area contributed by atoms with Crippen LogP contribution in [0.15, 0.2) is 35.4 Å². The number of aryl methyl sites for hydroxylation is 2. The van der Waals surface area contributed by atoms with E-state index in [1.165, 1.54) is 6.21 Å². The summed E-state index contributed by atoms with van der Waals surface area (Å²) >= 11 is 2.02. The van der Waals surface area contributed by atoms with Gasteiger partial charge in [-0.2, -0.15) is 5.10 Å². The Morgan fingerprint density at radius 3 is 2.67 bits per heavy atom. The van der Waals surface area contributed by atoms with Crippen molar-refractivity contribution in [1.82, 2.24) is 5.43 Å². The lowest BCUT2D eigenvalue weighted by atomic mass is 10.1. The summed E-state index contributed by atoms with van der Waals surface area (Å²) < 4.78 is 6.35. The van der Waals surface area contributed by atoms with Gasteiger partial charge in [0.05, 0.1) is 9.78 Å². The van der Waals surface area contributed by atoms with E-state index in [0.717, 1.165) is 31.6 Å². The molecule has 6 heteroatoms. The molecule has 0 aliphatic rings. The highest BCUT2D eigenvalue weighted by atomic mass is 127. The Labute approximate surface area is 154 Å². The van der Waals surface area contributed by atoms with E-state index in [9.17, 15) is 9.90 Å². The van der Waals surface area contributed by atoms with Crippen LogP contribution >= 0.6 is 22.6 Å². The molecule has 5 nitrogen and oxygen atoms in total. The number of hydrogen-bond donors (Lipinski definition) is 2. The van der Waals surface area contributed by atoms with E-state index >= 15 is 0 Å². The number of phenolic OH excluding ortho intramolecular Hbond substituents is 1. The number of nitrogens with one attached hydrogen (secondary N) is 1. The number of hydrogen-bond acceptors (Lipinski definition) is 4. The normalized spacial score (nSPS) is 10.8. The van der Waals surface area contributed by atoms with Gasteiger partial charge in [0.1, 0.15) is 11.5 Å². The van der Waals surface area contributed by atoms with Gasteiger partial charge < -0.3 is 9.84 Å². The molecule has 2 rings (SSSR count). The Morgan fingerprint density at radius 2 is 1.96 bits per heavy atom. The topological polar surface area (TPSA) is 70.9 Å². The van der Waals surface area contributed by atoms with Crippen LogP contribution in [-0.4, -0.2) is 23.8 Å². The average molecular weight is 438 g/mol. The van der Waals surface area contributed by atoms with E-state index in [-0.39, 0.29) is 18.3 Å². The SMILES string of the molecule is Cc1ccc(C)c(OCC(=O)N/N=C/c2ccc(O)c(I)c2)c1C. The molecular weight excluding hydrogens is 419 g/mol. The summed E-state index contributed by atoms with van der Waals surface area (Å²) in [7, 11) is 0. The zero-order chi connectivity index (χ0) is 17.7. The average Bonchev–Trinajstić information content (AvgIpc) is 2.54. The molecule has 0 aromatic heterocycles. The second-order valence-corrected chi connectivity index (χ2v) is 6.61. The van der Waals surface area contributed by atoms with Crippen LogP contribution in [-0.2, 0) is 4.79 Å². The fraction of sp³-hybridized carbons (Fsp3) is 0.222. The van der Waals surface area contributed by atoms with E-state index in [4.69, 9.17) is 4.74 Å². The second-order valence-electron chi connectivity index (χ2n) is 5.45. The summed E-state index contributed by atoms with van der Waals surface area (Å²) in [6.07, 6.45) is 1.52. The van der Waals surface area contributed by atoms with E-state index in [0.29, 0.717) is 0 Å². The molecule has 2 aromatic carbocycles. The maximum Gasteiger partial charge on any atom is 0.277 e. The zero-order valence-corrected chi connectivity index (χ0v) is 15.9. The molecule has 1 amide bonds. The van der Waals surface area contributed by atoms with Gasteiger partial charge in [-0.05, 0) is 83.8 Å². The predicted octanol–water partition coefficient (Wildman–Crippen LogP) is 3.45. The van der Waals surface area contributed by atoms with Crippen molar-refractivity contribution in [2.75, 3.05) is 6.61 Å². The lowest BCUT2D eigenvalue weighted by molar-refractivity contribution is -0.123. The van der Waals surface area contributed by atoms with Crippen molar-refractivity contribution in [2.45, 2.75) is 20.8 Å². The zero-order valence-electron chi connectivity index (χ0n) is 13.8. The molecule has 0 saturated heterocycles. The molecule has 2 aromatic rings. The first-order valence-electron chi connectivity index (χ1n) is 7.38. The third-order valence-electron chi connectivity index (χ3n) is 3.60. The van der Waals surface area contributed by atoms with Gasteiger partial charge in [0, 0.05) is 0 Å². The molecule has 2 N–H and O–H groups in total. The van der Waals surface area contributed by atoms with Crippen LogP contribution < -0.4 is 10.2 Å². The standard InChI is InChI=1S/C18H19IN2O3/c1-11-4-5-12(2)18(13(11)3)24-10-17(23)21-20-9-14-6-7-16(22)15(19)8-14/h4-9,22H,10H2,1-3H3,(H,21,23)/b20-9+. The van der Waals surface area contributed by atoms with Crippen LogP contribution in [0, 0.1) is 24.3 Å². The number of aromatic hydroxyl groups is 1. The first-order valence-corrected chi connectivity index (χ1v) is 8.46. The first kappa shape index (κ1) is 18.3. The number of phenols is 1. The monoisotopic (exact) mass is 438 g/mol. The highest BCUT2D eigenvalue weighted by molar-refractivity contribution is 14.1. The smallest absolute Gasteiger partial charge is 0.277 e. The molecule has 0 aliphatic carbocycles. The maximum absolute atomic E-state index is 11.8. The molecular formula is C18H19IN2O3. The number of carbonyl (C=O) groups is 1. The van der Waals surface area contributed by atoms with Crippen molar-refractivity contribution >= 4 is 34.7 Å². The van der Waals surface area contributed by atoms with E-state index in [1.807, 2.05) is 55.5 Å². The number of benzene rings is 2. The molecule has 24 heavy (non-hydrogen) atoms. The molecule has 126 valence electrons. The summed E-state index contributed by atoms with van der Waals surface area (Å²) in [6, 6.07) is 9.06. The van der Waals surface area contributed by atoms with Gasteiger partial charge >= 0.3 is 0 Å². The van der Waals surface area contributed by atoms with Crippen LogP contribution in [0.3, 0.4) is 0 Å². The van der Waals surface area contributed by atoms with E-state index < -0.39 is 0 Å². The van der Waals surface area contributed by atoms with Crippen LogP contribution in [0.25, 0.3) is 0 Å². The molecule has 0 spiro atoms. The molecule has 0 fully saturated rings. The third-order valence-corrected chi connectivity index (χ3v) is 4.46. The lowest BCUT2D eigenvalue weighted by Crippen LogP contribution is -2.25. The minimum absolute atomic E-state index is 0.102. The van der Waals surface area contributed by atoms with Gasteiger partial charge in [0.25, 0.3) is 5.91 Å².